The third kappa shape index (κ3) is 3.75. The van der Waals surface area contributed by atoms with Crippen molar-refractivity contribution in [2.24, 2.45) is 0 Å². The molecule has 0 atom stereocenters. The summed E-state index contributed by atoms with van der Waals surface area (Å²) in [6, 6.07) is 3.19. The van der Waals surface area contributed by atoms with Crippen molar-refractivity contribution in [2.45, 2.75) is 24.9 Å². The van der Waals surface area contributed by atoms with Gasteiger partial charge in [-0.05, 0) is 11.6 Å². The fraction of sp³-hybridized carbons (Fsp3) is 0.364. The van der Waals surface area contributed by atoms with Gasteiger partial charge in [-0.15, -0.1) is 10.2 Å². The molecular weight excluding hydrogens is 516 g/mol. The van der Waals surface area contributed by atoms with E-state index < -0.39 is 44.2 Å². The Hall–Kier alpha value is -3.39. The number of aromatic hydroxyl groups is 1. The molecule has 3 aromatic rings. The first-order valence-corrected chi connectivity index (χ1v) is 13.6. The zero-order valence-corrected chi connectivity index (χ0v) is 20.9. The Morgan fingerprint density at radius 2 is 1.83 bits per heavy atom. The van der Waals surface area contributed by atoms with Crippen LogP contribution in [0.1, 0.15) is 33.9 Å². The fourth-order valence-corrected chi connectivity index (χ4v) is 7.08. The minimum absolute atomic E-state index is 0.0167. The van der Waals surface area contributed by atoms with Gasteiger partial charge in [-0.1, -0.05) is 17.4 Å². The van der Waals surface area contributed by atoms with Gasteiger partial charge in [0, 0.05) is 45.6 Å². The summed E-state index contributed by atoms with van der Waals surface area (Å²) >= 11 is 0.996. The van der Waals surface area contributed by atoms with Gasteiger partial charge in [0.15, 0.2) is 26.3 Å². The minimum atomic E-state index is -3.23. The van der Waals surface area contributed by atoms with E-state index in [4.69, 9.17) is 0 Å². The molecule has 4 heterocycles. The second-order valence-electron chi connectivity index (χ2n) is 8.85. The Balaban J connectivity index is 1.55. The zero-order chi connectivity index (χ0) is 26.0. The summed E-state index contributed by atoms with van der Waals surface area (Å²) in [4.78, 5) is 27.6. The summed E-state index contributed by atoms with van der Waals surface area (Å²) in [6.07, 6.45) is 1.70. The summed E-state index contributed by atoms with van der Waals surface area (Å²) in [5, 5.41) is 20.9. The number of carbonyl (C=O) groups excluding carboxylic acids is 1. The number of carbonyl (C=O) groups is 1. The largest absolute Gasteiger partial charge is 0.502 e. The molecule has 2 aliphatic heterocycles. The molecule has 1 spiro atoms. The van der Waals surface area contributed by atoms with Gasteiger partial charge >= 0.3 is 0 Å². The van der Waals surface area contributed by atoms with Crippen LogP contribution in [0.2, 0.25) is 0 Å². The van der Waals surface area contributed by atoms with Crippen molar-refractivity contribution < 1.29 is 27.1 Å². The summed E-state index contributed by atoms with van der Waals surface area (Å²) in [7, 11) is -0.0606. The lowest BCUT2D eigenvalue weighted by atomic mass is 9.98. The molecule has 1 saturated heterocycles. The van der Waals surface area contributed by atoms with Crippen LogP contribution in [-0.2, 0) is 16.3 Å². The van der Waals surface area contributed by atoms with E-state index in [0.717, 1.165) is 23.5 Å². The van der Waals surface area contributed by atoms with Crippen LogP contribution in [0.3, 0.4) is 0 Å². The molecule has 0 unspecified atom stereocenters. The second-order valence-corrected chi connectivity index (χ2v) is 12.2. The number of hydrogen-bond donors (Lipinski definition) is 1. The number of sulfone groups is 1. The molecule has 0 bridgehead atoms. The molecule has 0 saturated carbocycles. The molecule has 36 heavy (non-hydrogen) atoms. The molecule has 1 amide bonds. The Morgan fingerprint density at radius 1 is 1.14 bits per heavy atom. The molecule has 1 aromatic carbocycles. The predicted molar refractivity (Wildman–Crippen MR) is 127 cm³/mol. The summed E-state index contributed by atoms with van der Waals surface area (Å²) in [6.45, 7) is 0. The third-order valence-electron chi connectivity index (χ3n) is 6.90. The average molecular weight is 538 g/mol. The molecule has 14 heteroatoms. The summed E-state index contributed by atoms with van der Waals surface area (Å²) < 4.78 is 52.7. The van der Waals surface area contributed by atoms with Gasteiger partial charge in [0.2, 0.25) is 5.43 Å². The third-order valence-corrected chi connectivity index (χ3v) is 9.51. The first-order valence-electron chi connectivity index (χ1n) is 10.9. The molecule has 10 nitrogen and oxygen atoms in total. The molecule has 2 aliphatic rings. The highest BCUT2D eigenvalue weighted by Gasteiger charge is 2.51. The van der Waals surface area contributed by atoms with E-state index >= 15 is 0 Å². The predicted octanol–water partition coefficient (Wildman–Crippen LogP) is 1.50. The first-order chi connectivity index (χ1) is 16.9. The number of pyridine rings is 1. The highest BCUT2D eigenvalue weighted by atomic mass is 32.2. The molecule has 2 aromatic heterocycles. The van der Waals surface area contributed by atoms with Crippen molar-refractivity contribution in [1.82, 2.24) is 19.8 Å². The Labute approximate surface area is 208 Å². The SMILES string of the molecule is CN1C(=O)c2c(O)c(=O)c(-c3nnc(Cc4ccc(F)cc4F)s3)cn2N(C)C12CCS(=O)(=O)CC2. The molecule has 0 aliphatic carbocycles. The highest BCUT2D eigenvalue weighted by Crippen LogP contribution is 2.38. The molecule has 0 radical (unpaired) electrons. The van der Waals surface area contributed by atoms with Gasteiger partial charge in [0.1, 0.15) is 22.3 Å². The van der Waals surface area contributed by atoms with Gasteiger partial charge < -0.3 is 10.0 Å². The van der Waals surface area contributed by atoms with E-state index in [-0.39, 0.29) is 52.6 Å². The maximum atomic E-state index is 14.1. The number of rotatable bonds is 3. The standard InChI is InChI=1S/C22H21F2N5O5S2/c1-27-21(32)17-19(31)18(30)14(11-29(17)28(2)22(27)5-7-36(33,34)8-6-22)20-26-25-16(35-20)9-12-3-4-13(23)10-15(12)24/h3-4,10-11,31H,5-9H2,1-2H3. The topological polar surface area (TPSA) is 126 Å². The zero-order valence-electron chi connectivity index (χ0n) is 19.2. The molecule has 1 N–H and O–H groups in total. The van der Waals surface area contributed by atoms with Crippen molar-refractivity contribution in [1.29, 1.82) is 0 Å². The quantitative estimate of drug-likeness (QED) is 0.533. The van der Waals surface area contributed by atoms with Crippen molar-refractivity contribution in [3.63, 3.8) is 0 Å². The second kappa shape index (κ2) is 8.34. The number of hydrogen-bond acceptors (Lipinski definition) is 9. The number of aromatic nitrogens is 3. The molecular formula is C22H21F2N5O5S2. The number of nitrogens with zero attached hydrogens (tertiary/aromatic N) is 5. The lowest BCUT2D eigenvalue weighted by Gasteiger charge is -2.54. The van der Waals surface area contributed by atoms with E-state index in [9.17, 15) is 31.9 Å². The molecule has 1 fully saturated rings. The van der Waals surface area contributed by atoms with E-state index in [1.54, 1.807) is 12.1 Å². The van der Waals surface area contributed by atoms with Crippen LogP contribution in [0.25, 0.3) is 10.6 Å². The van der Waals surface area contributed by atoms with Crippen LogP contribution in [0.5, 0.6) is 5.75 Å². The summed E-state index contributed by atoms with van der Waals surface area (Å²) in [5.74, 6) is -3.03. The number of benzene rings is 1. The maximum Gasteiger partial charge on any atom is 0.278 e. The van der Waals surface area contributed by atoms with Crippen LogP contribution in [-0.4, -0.2) is 70.5 Å². The highest BCUT2D eigenvalue weighted by molar-refractivity contribution is 7.91. The van der Waals surface area contributed by atoms with Gasteiger partial charge in [-0.25, -0.2) is 17.2 Å². The van der Waals surface area contributed by atoms with Crippen LogP contribution in [0.4, 0.5) is 8.78 Å². The Bertz CT molecular complexity index is 1560. The molecule has 5 rings (SSSR count). The van der Waals surface area contributed by atoms with Crippen LogP contribution < -0.4 is 10.4 Å². The monoisotopic (exact) mass is 537 g/mol. The first kappa shape index (κ1) is 24.3. The smallest absolute Gasteiger partial charge is 0.278 e. The number of fused-ring (bicyclic) bond motifs is 1. The van der Waals surface area contributed by atoms with Crippen LogP contribution in [0.15, 0.2) is 29.2 Å². The van der Waals surface area contributed by atoms with E-state index in [1.807, 2.05) is 0 Å². The lowest BCUT2D eigenvalue weighted by Crippen LogP contribution is -2.70. The van der Waals surface area contributed by atoms with E-state index in [1.165, 1.54) is 28.9 Å². The number of amides is 1. The summed E-state index contributed by atoms with van der Waals surface area (Å²) in [5.41, 5.74) is -1.87. The maximum absolute atomic E-state index is 14.1. The fourth-order valence-electron chi connectivity index (χ4n) is 4.73. The van der Waals surface area contributed by atoms with E-state index in [2.05, 4.69) is 10.2 Å². The van der Waals surface area contributed by atoms with Crippen LogP contribution in [0, 0.1) is 11.6 Å². The average Bonchev–Trinajstić information content (AvgIpc) is 3.29. The van der Waals surface area contributed by atoms with E-state index in [0.29, 0.717) is 5.01 Å². The Morgan fingerprint density at radius 3 is 2.50 bits per heavy atom. The van der Waals surface area contributed by atoms with Crippen LogP contribution >= 0.6 is 11.3 Å². The van der Waals surface area contributed by atoms with Crippen molar-refractivity contribution >= 4 is 27.1 Å². The Kier molecular flexibility index (Phi) is 5.63. The van der Waals surface area contributed by atoms with Crippen molar-refractivity contribution in [3.8, 4) is 16.3 Å². The van der Waals surface area contributed by atoms with Crippen molar-refractivity contribution in [2.75, 3.05) is 30.6 Å². The van der Waals surface area contributed by atoms with Gasteiger partial charge in [0.25, 0.3) is 5.91 Å². The van der Waals surface area contributed by atoms with Gasteiger partial charge in [-0.3, -0.25) is 19.3 Å². The lowest BCUT2D eigenvalue weighted by molar-refractivity contribution is 0.0349. The van der Waals surface area contributed by atoms with Crippen molar-refractivity contribution in [3.05, 3.63) is 62.5 Å². The van der Waals surface area contributed by atoms with Gasteiger partial charge in [-0.2, -0.15) is 0 Å². The van der Waals surface area contributed by atoms with Gasteiger partial charge in [0.05, 0.1) is 17.1 Å². The number of halogens is 2. The minimum Gasteiger partial charge on any atom is -0.502 e. The normalized spacial score (nSPS) is 18.5. The molecule has 190 valence electrons.